The third-order valence-corrected chi connectivity index (χ3v) is 2.31. The number of amides is 2. The summed E-state index contributed by atoms with van der Waals surface area (Å²) in [7, 11) is 0. The van der Waals surface area contributed by atoms with Crippen molar-refractivity contribution < 1.29 is 29.4 Å². The minimum Gasteiger partial charge on any atom is -0.480 e. The third-order valence-electron chi connectivity index (χ3n) is 2.31. The predicted octanol–water partition coefficient (Wildman–Crippen LogP) is -0.463. The molecule has 0 unspecified atom stereocenters. The molecular formula is C12H20N2O6. The Morgan fingerprint density at radius 1 is 1.00 bits per heavy atom. The van der Waals surface area contributed by atoms with E-state index in [1.165, 1.54) is 0 Å². The zero-order valence-corrected chi connectivity index (χ0v) is 11.8. The Labute approximate surface area is 116 Å². The summed E-state index contributed by atoms with van der Waals surface area (Å²) in [5.41, 5.74) is -0.592. The van der Waals surface area contributed by atoms with E-state index in [-0.39, 0.29) is 18.9 Å². The number of rotatable bonds is 7. The predicted molar refractivity (Wildman–Crippen MR) is 68.9 cm³/mol. The molecule has 0 spiro atoms. The van der Waals surface area contributed by atoms with Gasteiger partial charge in [-0.2, -0.15) is 0 Å². The lowest BCUT2D eigenvalue weighted by molar-refractivity contribution is -0.149. The van der Waals surface area contributed by atoms with Gasteiger partial charge in [0, 0.05) is 18.4 Å². The highest BCUT2D eigenvalue weighted by Gasteiger charge is 2.22. The zero-order chi connectivity index (χ0) is 15.9. The zero-order valence-electron chi connectivity index (χ0n) is 11.8. The first-order valence-electron chi connectivity index (χ1n) is 6.03. The summed E-state index contributed by atoms with van der Waals surface area (Å²) in [5.74, 6) is -3.46. The average molecular weight is 288 g/mol. The van der Waals surface area contributed by atoms with Crippen molar-refractivity contribution in [2.75, 3.05) is 19.6 Å². The van der Waals surface area contributed by atoms with Crippen molar-refractivity contribution in [2.24, 2.45) is 5.41 Å². The van der Waals surface area contributed by atoms with Gasteiger partial charge in [0.2, 0.25) is 11.8 Å². The van der Waals surface area contributed by atoms with Crippen molar-refractivity contribution in [1.29, 1.82) is 0 Å². The smallest absolute Gasteiger partial charge is 0.323 e. The molecular weight excluding hydrogens is 268 g/mol. The van der Waals surface area contributed by atoms with Crippen molar-refractivity contribution in [1.82, 2.24) is 10.2 Å². The second kappa shape index (κ2) is 7.46. The molecule has 2 amide bonds. The van der Waals surface area contributed by atoms with Crippen LogP contribution in [-0.4, -0.2) is 58.5 Å². The molecule has 8 heteroatoms. The fraction of sp³-hybridized carbons (Fsp3) is 0.667. The monoisotopic (exact) mass is 288 g/mol. The van der Waals surface area contributed by atoms with E-state index in [4.69, 9.17) is 10.2 Å². The molecule has 114 valence electrons. The van der Waals surface area contributed by atoms with Crippen LogP contribution in [0.5, 0.6) is 0 Å². The summed E-state index contributed by atoms with van der Waals surface area (Å²) >= 11 is 0. The summed E-state index contributed by atoms with van der Waals surface area (Å²) in [6.45, 7) is 3.81. The fourth-order valence-electron chi connectivity index (χ4n) is 1.27. The first-order valence-corrected chi connectivity index (χ1v) is 6.03. The molecule has 20 heavy (non-hydrogen) atoms. The van der Waals surface area contributed by atoms with Gasteiger partial charge in [0.1, 0.15) is 13.1 Å². The summed E-state index contributed by atoms with van der Waals surface area (Å²) < 4.78 is 0. The topological polar surface area (TPSA) is 124 Å². The van der Waals surface area contributed by atoms with Gasteiger partial charge in [-0.25, -0.2) is 0 Å². The summed E-state index contributed by atoms with van der Waals surface area (Å²) in [6.07, 6.45) is -0.150. The molecule has 3 N–H and O–H groups in total. The van der Waals surface area contributed by atoms with Crippen molar-refractivity contribution in [2.45, 2.75) is 27.2 Å². The standard InChI is InChI=1S/C12H20N2O6/c1-12(2,3)11(20)13-5-4-8(15)14(6-9(16)17)7-10(18)19/h4-7H2,1-3H3,(H,13,20)(H,16,17)(H,18,19). The van der Waals surface area contributed by atoms with Gasteiger partial charge in [-0.1, -0.05) is 20.8 Å². The molecule has 0 aliphatic carbocycles. The lowest BCUT2D eigenvalue weighted by Crippen LogP contribution is -2.42. The normalized spacial score (nSPS) is 10.8. The molecule has 0 heterocycles. The Balaban J connectivity index is 4.36. The number of hydrogen-bond acceptors (Lipinski definition) is 4. The van der Waals surface area contributed by atoms with Gasteiger partial charge >= 0.3 is 11.9 Å². The summed E-state index contributed by atoms with van der Waals surface area (Å²) in [4.78, 5) is 45.1. The van der Waals surface area contributed by atoms with E-state index in [1.54, 1.807) is 20.8 Å². The SMILES string of the molecule is CC(C)(C)C(=O)NCCC(=O)N(CC(=O)O)CC(=O)O. The van der Waals surface area contributed by atoms with Gasteiger partial charge in [0.25, 0.3) is 0 Å². The maximum absolute atomic E-state index is 11.7. The summed E-state index contributed by atoms with van der Waals surface area (Å²) in [5, 5.41) is 19.8. The van der Waals surface area contributed by atoms with Crippen LogP contribution in [0.3, 0.4) is 0 Å². The van der Waals surface area contributed by atoms with E-state index in [0.717, 1.165) is 0 Å². The number of carboxylic acids is 2. The van der Waals surface area contributed by atoms with Crippen molar-refractivity contribution >= 4 is 23.8 Å². The number of carboxylic acid groups (broad SMARTS) is 2. The minimum absolute atomic E-state index is 0.0324. The van der Waals surface area contributed by atoms with Gasteiger partial charge in [-0.05, 0) is 0 Å². The number of nitrogens with one attached hydrogen (secondary N) is 1. The van der Waals surface area contributed by atoms with E-state index in [9.17, 15) is 19.2 Å². The lowest BCUT2D eigenvalue weighted by atomic mass is 9.96. The number of carbonyl (C=O) groups excluding carboxylic acids is 2. The van der Waals surface area contributed by atoms with E-state index < -0.39 is 36.4 Å². The van der Waals surface area contributed by atoms with E-state index in [1.807, 2.05) is 0 Å². The number of nitrogens with zero attached hydrogens (tertiary/aromatic N) is 1. The van der Waals surface area contributed by atoms with Crippen molar-refractivity contribution in [3.05, 3.63) is 0 Å². The number of hydrogen-bond donors (Lipinski definition) is 3. The van der Waals surface area contributed by atoms with Gasteiger partial charge in [0.05, 0.1) is 0 Å². The van der Waals surface area contributed by atoms with Crippen molar-refractivity contribution in [3.63, 3.8) is 0 Å². The number of carbonyl (C=O) groups is 4. The second-order valence-corrected chi connectivity index (χ2v) is 5.29. The molecule has 0 aromatic carbocycles. The van der Waals surface area contributed by atoms with Crippen LogP contribution in [0, 0.1) is 5.41 Å². The van der Waals surface area contributed by atoms with E-state index in [2.05, 4.69) is 5.32 Å². The van der Waals surface area contributed by atoms with E-state index in [0.29, 0.717) is 4.90 Å². The maximum atomic E-state index is 11.7. The van der Waals surface area contributed by atoms with Gasteiger partial charge in [-0.3, -0.25) is 19.2 Å². The number of aliphatic carboxylic acids is 2. The van der Waals surface area contributed by atoms with Crippen LogP contribution in [-0.2, 0) is 19.2 Å². The molecule has 0 saturated carbocycles. The Bertz CT molecular complexity index is 383. The molecule has 0 fully saturated rings. The molecule has 0 aliphatic rings. The van der Waals surface area contributed by atoms with Crippen molar-refractivity contribution in [3.8, 4) is 0 Å². The molecule has 0 rings (SSSR count). The van der Waals surface area contributed by atoms with Gasteiger partial charge in [0.15, 0.2) is 0 Å². The molecule has 0 bridgehead atoms. The van der Waals surface area contributed by atoms with Gasteiger partial charge in [-0.15, -0.1) is 0 Å². The van der Waals surface area contributed by atoms with Crippen LogP contribution in [0.1, 0.15) is 27.2 Å². The van der Waals surface area contributed by atoms with E-state index >= 15 is 0 Å². The van der Waals surface area contributed by atoms with Crippen LogP contribution in [0.25, 0.3) is 0 Å². The van der Waals surface area contributed by atoms with Gasteiger partial charge < -0.3 is 20.4 Å². The molecule has 0 saturated heterocycles. The van der Waals surface area contributed by atoms with Crippen LogP contribution >= 0.6 is 0 Å². The molecule has 0 aromatic heterocycles. The molecule has 0 aliphatic heterocycles. The minimum atomic E-state index is -1.29. The Hall–Kier alpha value is -2.12. The highest BCUT2D eigenvalue weighted by molar-refractivity contribution is 5.86. The van der Waals surface area contributed by atoms with Crippen LogP contribution in [0.2, 0.25) is 0 Å². The van der Waals surface area contributed by atoms with Crippen LogP contribution in [0.15, 0.2) is 0 Å². The molecule has 0 atom stereocenters. The second-order valence-electron chi connectivity index (χ2n) is 5.29. The third kappa shape index (κ3) is 7.34. The Morgan fingerprint density at radius 3 is 1.80 bits per heavy atom. The highest BCUT2D eigenvalue weighted by atomic mass is 16.4. The maximum Gasteiger partial charge on any atom is 0.323 e. The van der Waals surface area contributed by atoms with Crippen LogP contribution < -0.4 is 5.32 Å². The largest absolute Gasteiger partial charge is 0.480 e. The Morgan fingerprint density at radius 2 is 1.45 bits per heavy atom. The first kappa shape index (κ1) is 17.9. The van der Waals surface area contributed by atoms with Crippen LogP contribution in [0.4, 0.5) is 0 Å². The Kier molecular flexibility index (Phi) is 6.67. The molecule has 0 radical (unpaired) electrons. The quantitative estimate of drug-likeness (QED) is 0.582. The highest BCUT2D eigenvalue weighted by Crippen LogP contribution is 2.12. The lowest BCUT2D eigenvalue weighted by Gasteiger charge is -2.20. The summed E-state index contributed by atoms with van der Waals surface area (Å²) in [6, 6.07) is 0. The first-order chi connectivity index (χ1) is 9.04. The molecule has 8 nitrogen and oxygen atoms in total. The average Bonchev–Trinajstić information content (AvgIpc) is 2.25. The molecule has 0 aromatic rings. The fourth-order valence-corrected chi connectivity index (χ4v) is 1.27.